The van der Waals surface area contributed by atoms with Crippen LogP contribution in [0.25, 0.3) is 0 Å². The predicted molar refractivity (Wildman–Crippen MR) is 28.9 cm³/mol. The van der Waals surface area contributed by atoms with Crippen LogP contribution in [0, 0.1) is 0 Å². The average Bonchev–Trinajstić information content (AvgIpc) is 1.63. The summed E-state index contributed by atoms with van der Waals surface area (Å²) in [5.74, 6) is 0. The van der Waals surface area contributed by atoms with Crippen molar-refractivity contribution in [2.24, 2.45) is 0 Å². The van der Waals surface area contributed by atoms with Crippen molar-refractivity contribution in [1.29, 1.82) is 0 Å². The van der Waals surface area contributed by atoms with Gasteiger partial charge in [0.25, 0.3) is 0 Å². The van der Waals surface area contributed by atoms with Crippen LogP contribution < -0.4 is 0 Å². The van der Waals surface area contributed by atoms with Crippen LogP contribution in [0.2, 0.25) is 0 Å². The number of hydrogen-bond acceptors (Lipinski definition) is 4. The maximum atomic E-state index is 9.71. The summed E-state index contributed by atoms with van der Waals surface area (Å²) < 4.78 is 30.8. The third kappa shape index (κ3) is 7.83. The number of rotatable bonds is 4. The van der Waals surface area contributed by atoms with E-state index >= 15 is 0 Å². The zero-order valence-electron chi connectivity index (χ0n) is 4.90. The molecule has 0 aliphatic carbocycles. The fourth-order valence-corrected chi connectivity index (χ4v) is 0.368. The standard InChI is InChI=1S/C3H8O5S/c1-2-3-7-8-9(4,5)6/h2-3H2,1H3,(H,4,5,6). The fourth-order valence-electron chi connectivity index (χ4n) is 0.178. The smallest absolute Gasteiger partial charge is 0.262 e. The zero-order chi connectivity index (χ0) is 7.33. The van der Waals surface area contributed by atoms with E-state index in [1.807, 2.05) is 0 Å². The molecule has 0 saturated carbocycles. The Morgan fingerprint density at radius 1 is 1.56 bits per heavy atom. The molecule has 56 valence electrons. The van der Waals surface area contributed by atoms with Gasteiger partial charge in [0.05, 0.1) is 6.61 Å². The van der Waals surface area contributed by atoms with Crippen LogP contribution in [-0.2, 0) is 19.6 Å². The Hall–Kier alpha value is -0.170. The van der Waals surface area contributed by atoms with Gasteiger partial charge >= 0.3 is 10.4 Å². The minimum absolute atomic E-state index is 0.139. The van der Waals surface area contributed by atoms with Crippen molar-refractivity contribution in [3.63, 3.8) is 0 Å². The van der Waals surface area contributed by atoms with Crippen molar-refractivity contribution in [3.8, 4) is 0 Å². The molecule has 1 N–H and O–H groups in total. The Morgan fingerprint density at radius 3 is 2.44 bits per heavy atom. The molecule has 0 rings (SSSR count). The fraction of sp³-hybridized carbons (Fsp3) is 1.00. The van der Waals surface area contributed by atoms with E-state index in [-0.39, 0.29) is 6.61 Å². The van der Waals surface area contributed by atoms with Gasteiger partial charge in [-0.1, -0.05) is 11.3 Å². The van der Waals surface area contributed by atoms with Crippen molar-refractivity contribution < 1.29 is 22.2 Å². The molecule has 0 aromatic heterocycles. The van der Waals surface area contributed by atoms with Gasteiger partial charge in [-0.3, -0.25) is 4.55 Å². The van der Waals surface area contributed by atoms with Gasteiger partial charge in [0, 0.05) is 0 Å². The molecule has 0 aromatic rings. The van der Waals surface area contributed by atoms with E-state index in [0.29, 0.717) is 6.42 Å². The minimum Gasteiger partial charge on any atom is -0.262 e. The van der Waals surface area contributed by atoms with Gasteiger partial charge in [0.2, 0.25) is 0 Å². The van der Waals surface area contributed by atoms with Crippen LogP contribution in [0.15, 0.2) is 0 Å². The highest BCUT2D eigenvalue weighted by Gasteiger charge is 2.02. The minimum atomic E-state index is -4.42. The van der Waals surface area contributed by atoms with E-state index in [4.69, 9.17) is 4.55 Å². The van der Waals surface area contributed by atoms with E-state index in [1.54, 1.807) is 6.92 Å². The quantitative estimate of drug-likeness (QED) is 0.271. The molecule has 6 heteroatoms. The molecular weight excluding hydrogens is 148 g/mol. The summed E-state index contributed by atoms with van der Waals surface area (Å²) in [6.07, 6.45) is 0.621. The van der Waals surface area contributed by atoms with Crippen LogP contribution in [-0.4, -0.2) is 19.6 Å². The summed E-state index contributed by atoms with van der Waals surface area (Å²) in [7, 11) is -4.42. The highest BCUT2D eigenvalue weighted by Crippen LogP contribution is 1.88. The molecule has 0 radical (unpaired) electrons. The lowest BCUT2D eigenvalue weighted by molar-refractivity contribution is -0.207. The molecule has 0 heterocycles. The summed E-state index contributed by atoms with van der Waals surface area (Å²) >= 11 is 0. The predicted octanol–water partition coefficient (Wildman–Crippen LogP) is 0.147. The van der Waals surface area contributed by atoms with Crippen LogP contribution in [0.4, 0.5) is 0 Å². The molecule has 0 aliphatic heterocycles. The monoisotopic (exact) mass is 156 g/mol. The first-order valence-electron chi connectivity index (χ1n) is 2.35. The van der Waals surface area contributed by atoms with Crippen molar-refractivity contribution in [2.75, 3.05) is 6.61 Å². The second kappa shape index (κ2) is 3.78. The lowest BCUT2D eigenvalue weighted by atomic mass is 10.5. The molecule has 0 unspecified atom stereocenters. The SMILES string of the molecule is CCCOOS(=O)(=O)O. The third-order valence-electron chi connectivity index (χ3n) is 0.422. The van der Waals surface area contributed by atoms with E-state index in [1.165, 1.54) is 0 Å². The van der Waals surface area contributed by atoms with E-state index in [2.05, 4.69) is 9.22 Å². The second-order valence-electron chi connectivity index (χ2n) is 1.32. The average molecular weight is 156 g/mol. The molecule has 9 heavy (non-hydrogen) atoms. The van der Waals surface area contributed by atoms with Crippen molar-refractivity contribution in [3.05, 3.63) is 0 Å². The molecule has 0 bridgehead atoms. The highest BCUT2D eigenvalue weighted by molar-refractivity contribution is 7.80. The van der Waals surface area contributed by atoms with Crippen LogP contribution >= 0.6 is 0 Å². The van der Waals surface area contributed by atoms with Crippen LogP contribution in [0.3, 0.4) is 0 Å². The van der Waals surface area contributed by atoms with Gasteiger partial charge in [-0.2, -0.15) is 8.42 Å². The summed E-state index contributed by atoms with van der Waals surface area (Å²) in [4.78, 5) is 4.01. The molecule has 0 aliphatic rings. The molecular formula is C3H8O5S. The van der Waals surface area contributed by atoms with Crippen molar-refractivity contribution in [2.45, 2.75) is 13.3 Å². The normalized spacial score (nSPS) is 11.8. The van der Waals surface area contributed by atoms with E-state index in [9.17, 15) is 8.42 Å². The largest absolute Gasteiger partial charge is 0.424 e. The molecule has 0 aromatic carbocycles. The Balaban J connectivity index is 3.30. The highest BCUT2D eigenvalue weighted by atomic mass is 32.3. The molecule has 0 spiro atoms. The summed E-state index contributed by atoms with van der Waals surface area (Å²) in [5, 5.41) is 0. The van der Waals surface area contributed by atoms with Gasteiger partial charge in [-0.05, 0) is 6.42 Å². The summed E-state index contributed by atoms with van der Waals surface area (Å²) in [6, 6.07) is 0. The summed E-state index contributed by atoms with van der Waals surface area (Å²) in [5.41, 5.74) is 0. The molecule has 0 saturated heterocycles. The topological polar surface area (TPSA) is 72.8 Å². The lowest BCUT2D eigenvalue weighted by Gasteiger charge is -1.94. The first-order chi connectivity index (χ1) is 4.06. The Labute approximate surface area is 53.5 Å². The van der Waals surface area contributed by atoms with Gasteiger partial charge in [-0.15, -0.1) is 0 Å². The second-order valence-corrected chi connectivity index (χ2v) is 2.31. The van der Waals surface area contributed by atoms with E-state index in [0.717, 1.165) is 0 Å². The van der Waals surface area contributed by atoms with Crippen molar-refractivity contribution >= 4 is 10.4 Å². The molecule has 0 atom stereocenters. The Kier molecular flexibility index (Phi) is 3.71. The van der Waals surface area contributed by atoms with E-state index < -0.39 is 10.4 Å². The van der Waals surface area contributed by atoms with Crippen molar-refractivity contribution in [1.82, 2.24) is 0 Å². The third-order valence-corrected chi connectivity index (χ3v) is 0.690. The first-order valence-corrected chi connectivity index (χ1v) is 3.71. The molecule has 0 amide bonds. The van der Waals surface area contributed by atoms with Gasteiger partial charge in [0.1, 0.15) is 0 Å². The van der Waals surface area contributed by atoms with Gasteiger partial charge in [0.15, 0.2) is 0 Å². The molecule has 0 fully saturated rings. The summed E-state index contributed by atoms with van der Waals surface area (Å²) in [6.45, 7) is 1.91. The zero-order valence-corrected chi connectivity index (χ0v) is 5.72. The van der Waals surface area contributed by atoms with Crippen LogP contribution in [0.1, 0.15) is 13.3 Å². The maximum Gasteiger partial charge on any atom is 0.424 e. The lowest BCUT2D eigenvalue weighted by Crippen LogP contribution is -2.04. The Bertz CT molecular complexity index is 148. The van der Waals surface area contributed by atoms with Gasteiger partial charge < -0.3 is 0 Å². The first kappa shape index (κ1) is 8.83. The Morgan fingerprint density at radius 2 is 2.11 bits per heavy atom. The van der Waals surface area contributed by atoms with Crippen LogP contribution in [0.5, 0.6) is 0 Å². The molecule has 5 nitrogen and oxygen atoms in total. The number of hydrogen-bond donors (Lipinski definition) is 1. The maximum absolute atomic E-state index is 9.71. The van der Waals surface area contributed by atoms with Gasteiger partial charge in [-0.25, -0.2) is 4.89 Å².